The number of hydrogen-bond donors (Lipinski definition) is 5. The van der Waals surface area contributed by atoms with Gasteiger partial charge in [-0.25, -0.2) is 0 Å². The van der Waals surface area contributed by atoms with Crippen LogP contribution in [0.25, 0.3) is 0 Å². The minimum Gasteiger partial charge on any atom is -0.395 e. The molecule has 1 heterocycles. The van der Waals surface area contributed by atoms with Gasteiger partial charge in [0.2, 0.25) is 0 Å². The van der Waals surface area contributed by atoms with E-state index in [0.717, 1.165) is 0 Å². The lowest BCUT2D eigenvalue weighted by molar-refractivity contribution is 0.00371. The molecule has 1 aliphatic heterocycles. The van der Waals surface area contributed by atoms with Crippen molar-refractivity contribution in [2.45, 2.75) is 24.3 Å². The summed E-state index contributed by atoms with van der Waals surface area (Å²) in [5, 5.41) is 45.6. The van der Waals surface area contributed by atoms with Crippen LogP contribution in [0.4, 0.5) is 0 Å². The molecule has 3 unspecified atom stereocenters. The number of β-amino-alcohol motifs (C(OH)–C–C–N with tert-alkyl or cyclic N) is 1. The van der Waals surface area contributed by atoms with Crippen molar-refractivity contribution in [1.29, 1.82) is 0 Å². The van der Waals surface area contributed by atoms with Crippen LogP contribution in [0.5, 0.6) is 0 Å². The van der Waals surface area contributed by atoms with E-state index in [9.17, 15) is 10.2 Å². The summed E-state index contributed by atoms with van der Waals surface area (Å²) in [5.74, 6) is 0. The number of nitrogens with zero attached hydrogens (tertiary/aromatic N) is 1. The summed E-state index contributed by atoms with van der Waals surface area (Å²) in [5.41, 5.74) is 0. The van der Waals surface area contributed by atoms with Crippen LogP contribution in [0.3, 0.4) is 0 Å². The van der Waals surface area contributed by atoms with E-state index in [2.05, 4.69) is 0 Å². The molecule has 0 aliphatic carbocycles. The molecule has 0 radical (unpaired) electrons. The molecule has 1 rings (SSSR count). The van der Waals surface area contributed by atoms with Crippen LogP contribution in [0.2, 0.25) is 0 Å². The van der Waals surface area contributed by atoms with E-state index in [1.54, 1.807) is 0 Å². The van der Waals surface area contributed by atoms with Crippen LogP contribution in [0, 0.1) is 0 Å². The number of hydrogen-bond acceptors (Lipinski definition) is 6. The van der Waals surface area contributed by atoms with Crippen LogP contribution >= 0.6 is 0 Å². The van der Waals surface area contributed by atoms with Crippen molar-refractivity contribution in [3.8, 4) is 0 Å². The second kappa shape index (κ2) is 5.01. The second-order valence-corrected chi connectivity index (χ2v) is 3.52. The highest BCUT2D eigenvalue weighted by atomic mass is 16.3. The zero-order valence-electron chi connectivity index (χ0n) is 7.82. The Hall–Kier alpha value is -0.240. The first-order valence-electron chi connectivity index (χ1n) is 4.60. The lowest BCUT2D eigenvalue weighted by atomic mass is 10.1. The third-order valence-corrected chi connectivity index (χ3v) is 2.69. The number of aliphatic hydroxyl groups excluding tert-OH is 5. The minimum absolute atomic E-state index is 0.151. The standard InChI is InChI=1S/C8H17NO5/c10-2-5(3-11)9-1-7(13)8(14)6(9)4-12/h5-8,10-14H,1-4H2. The molecular formula is C8H17NO5. The Balaban J connectivity index is 2.68. The summed E-state index contributed by atoms with van der Waals surface area (Å²) in [6, 6.07) is -1.16. The normalized spacial score (nSPS) is 34.3. The summed E-state index contributed by atoms with van der Waals surface area (Å²) in [6.07, 6.45) is -1.96. The molecule has 3 atom stereocenters. The molecule has 1 fully saturated rings. The highest BCUT2D eigenvalue weighted by Gasteiger charge is 2.42. The monoisotopic (exact) mass is 207 g/mol. The minimum atomic E-state index is -1.03. The predicted molar refractivity (Wildman–Crippen MR) is 47.6 cm³/mol. The van der Waals surface area contributed by atoms with Gasteiger partial charge in [-0.15, -0.1) is 0 Å². The average molecular weight is 207 g/mol. The predicted octanol–water partition coefficient (Wildman–Crippen LogP) is -3.26. The number of rotatable bonds is 4. The molecule has 0 aromatic heterocycles. The number of likely N-dealkylation sites (tertiary alicyclic amines) is 1. The van der Waals surface area contributed by atoms with Crippen LogP contribution in [-0.2, 0) is 0 Å². The van der Waals surface area contributed by atoms with Crippen LogP contribution < -0.4 is 0 Å². The Kier molecular flexibility index (Phi) is 4.24. The second-order valence-electron chi connectivity index (χ2n) is 3.52. The van der Waals surface area contributed by atoms with Gasteiger partial charge in [-0.1, -0.05) is 0 Å². The third kappa shape index (κ3) is 2.05. The highest BCUT2D eigenvalue weighted by Crippen LogP contribution is 2.20. The molecule has 0 aromatic carbocycles. The SMILES string of the molecule is OCC(CO)N1CC(O)C(O)C1CO. The van der Waals surface area contributed by atoms with Gasteiger partial charge >= 0.3 is 0 Å². The fourth-order valence-electron chi connectivity index (χ4n) is 1.81. The van der Waals surface area contributed by atoms with Gasteiger partial charge in [0.05, 0.1) is 44.1 Å². The fraction of sp³-hybridized carbons (Fsp3) is 1.00. The molecule has 0 saturated carbocycles. The molecule has 0 amide bonds. The summed E-state index contributed by atoms with van der Waals surface area (Å²) in [4.78, 5) is 1.52. The lowest BCUT2D eigenvalue weighted by Crippen LogP contribution is -2.47. The zero-order valence-corrected chi connectivity index (χ0v) is 7.82. The van der Waals surface area contributed by atoms with Gasteiger partial charge in [0.15, 0.2) is 0 Å². The van der Waals surface area contributed by atoms with Gasteiger partial charge in [-0.05, 0) is 0 Å². The van der Waals surface area contributed by atoms with Crippen LogP contribution in [0.1, 0.15) is 0 Å². The van der Waals surface area contributed by atoms with Gasteiger partial charge in [-0.3, -0.25) is 4.90 Å². The molecule has 1 saturated heterocycles. The molecule has 6 heteroatoms. The van der Waals surface area contributed by atoms with Crippen molar-refractivity contribution < 1.29 is 25.5 Å². The Morgan fingerprint density at radius 1 is 1.14 bits per heavy atom. The molecule has 0 bridgehead atoms. The molecule has 0 aromatic rings. The van der Waals surface area contributed by atoms with Gasteiger partial charge < -0.3 is 25.5 Å². The maximum absolute atomic E-state index is 9.45. The molecule has 6 nitrogen and oxygen atoms in total. The van der Waals surface area contributed by atoms with E-state index in [1.165, 1.54) is 4.90 Å². The van der Waals surface area contributed by atoms with E-state index in [-0.39, 0.29) is 26.4 Å². The summed E-state index contributed by atoms with van der Waals surface area (Å²) in [6.45, 7) is -0.703. The molecule has 1 aliphatic rings. The highest BCUT2D eigenvalue weighted by molar-refractivity contribution is 4.95. The maximum atomic E-state index is 9.45. The summed E-state index contributed by atoms with van der Waals surface area (Å²) < 4.78 is 0. The van der Waals surface area contributed by atoms with E-state index in [0.29, 0.717) is 0 Å². The van der Waals surface area contributed by atoms with Crippen molar-refractivity contribution in [3.63, 3.8) is 0 Å². The van der Waals surface area contributed by atoms with Crippen molar-refractivity contribution in [2.24, 2.45) is 0 Å². The first-order chi connectivity index (χ1) is 6.65. The lowest BCUT2D eigenvalue weighted by Gasteiger charge is -2.29. The Bertz CT molecular complexity index is 175. The Labute approximate surface area is 82.0 Å². The Morgan fingerprint density at radius 2 is 1.71 bits per heavy atom. The smallest absolute Gasteiger partial charge is 0.0988 e. The van der Waals surface area contributed by atoms with Crippen LogP contribution in [0.15, 0.2) is 0 Å². The topological polar surface area (TPSA) is 104 Å². The van der Waals surface area contributed by atoms with E-state index < -0.39 is 24.3 Å². The summed E-state index contributed by atoms with van der Waals surface area (Å²) >= 11 is 0. The molecule has 14 heavy (non-hydrogen) atoms. The Morgan fingerprint density at radius 3 is 2.14 bits per heavy atom. The van der Waals surface area contributed by atoms with E-state index >= 15 is 0 Å². The van der Waals surface area contributed by atoms with Crippen molar-refractivity contribution in [1.82, 2.24) is 4.90 Å². The first kappa shape index (κ1) is 11.8. The van der Waals surface area contributed by atoms with Crippen molar-refractivity contribution in [2.75, 3.05) is 26.4 Å². The van der Waals surface area contributed by atoms with Crippen molar-refractivity contribution >= 4 is 0 Å². The van der Waals surface area contributed by atoms with Gasteiger partial charge in [0.25, 0.3) is 0 Å². The van der Waals surface area contributed by atoms with E-state index in [1.807, 2.05) is 0 Å². The average Bonchev–Trinajstić information content (AvgIpc) is 2.45. The summed E-state index contributed by atoms with van der Waals surface area (Å²) in [7, 11) is 0. The molecule has 84 valence electrons. The maximum Gasteiger partial charge on any atom is 0.0988 e. The molecular weight excluding hydrogens is 190 g/mol. The van der Waals surface area contributed by atoms with Gasteiger partial charge in [0, 0.05) is 6.54 Å². The fourth-order valence-corrected chi connectivity index (χ4v) is 1.81. The van der Waals surface area contributed by atoms with Crippen molar-refractivity contribution in [3.05, 3.63) is 0 Å². The zero-order chi connectivity index (χ0) is 10.7. The molecule has 5 N–H and O–H groups in total. The van der Waals surface area contributed by atoms with Crippen LogP contribution in [-0.4, -0.2) is 81.1 Å². The number of aliphatic hydroxyl groups is 5. The molecule has 0 spiro atoms. The van der Waals surface area contributed by atoms with Gasteiger partial charge in [-0.2, -0.15) is 0 Å². The largest absolute Gasteiger partial charge is 0.395 e. The first-order valence-corrected chi connectivity index (χ1v) is 4.60. The van der Waals surface area contributed by atoms with E-state index in [4.69, 9.17) is 15.3 Å². The van der Waals surface area contributed by atoms with Gasteiger partial charge in [0.1, 0.15) is 0 Å². The quantitative estimate of drug-likeness (QED) is 0.331. The third-order valence-electron chi connectivity index (χ3n) is 2.69.